The smallest absolute Gasteiger partial charge is 0.254 e. The molecule has 1 aromatic heterocycles. The molecule has 0 aliphatic heterocycles. The third kappa shape index (κ3) is 4.11. The number of hydrogen-bond donors (Lipinski definition) is 0. The van der Waals surface area contributed by atoms with E-state index in [4.69, 9.17) is 4.42 Å². The Morgan fingerprint density at radius 2 is 1.78 bits per heavy atom. The van der Waals surface area contributed by atoms with Gasteiger partial charge in [0, 0.05) is 16.6 Å². The van der Waals surface area contributed by atoms with E-state index in [1.807, 2.05) is 66.7 Å². The molecule has 23 heavy (non-hydrogen) atoms. The van der Waals surface area contributed by atoms with Crippen molar-refractivity contribution in [3.05, 3.63) is 94.4 Å². The number of hydrogen-bond acceptors (Lipinski definition) is 2. The summed E-state index contributed by atoms with van der Waals surface area (Å²) in [7, 11) is 0. The van der Waals surface area contributed by atoms with Crippen molar-refractivity contribution in [1.82, 2.24) is 4.90 Å². The Morgan fingerprint density at radius 3 is 2.48 bits per heavy atom. The molecule has 0 radical (unpaired) electrons. The summed E-state index contributed by atoms with van der Waals surface area (Å²) < 4.78 is 6.30. The molecule has 0 aliphatic rings. The highest BCUT2D eigenvalue weighted by Crippen LogP contribution is 2.17. The number of halogens is 1. The van der Waals surface area contributed by atoms with Gasteiger partial charge in [-0.05, 0) is 35.9 Å². The third-order valence-electron chi connectivity index (χ3n) is 3.50. The lowest BCUT2D eigenvalue weighted by molar-refractivity contribution is 0.0717. The minimum absolute atomic E-state index is 0.0217. The maximum Gasteiger partial charge on any atom is 0.254 e. The molecule has 4 heteroatoms. The summed E-state index contributed by atoms with van der Waals surface area (Å²) in [6.07, 6.45) is 1.62. The van der Waals surface area contributed by atoms with Gasteiger partial charge in [0.2, 0.25) is 0 Å². The number of rotatable bonds is 5. The van der Waals surface area contributed by atoms with Crippen LogP contribution < -0.4 is 0 Å². The van der Waals surface area contributed by atoms with E-state index in [1.165, 1.54) is 0 Å². The molecule has 0 atom stereocenters. The number of furan rings is 1. The Morgan fingerprint density at radius 1 is 0.957 bits per heavy atom. The molecule has 0 saturated carbocycles. The molecule has 0 saturated heterocycles. The molecular formula is C19H16BrNO2. The average molecular weight is 370 g/mol. The van der Waals surface area contributed by atoms with Crippen LogP contribution in [0.25, 0.3) is 0 Å². The number of benzene rings is 2. The first-order chi connectivity index (χ1) is 11.2. The van der Waals surface area contributed by atoms with Crippen molar-refractivity contribution in [2.45, 2.75) is 13.1 Å². The van der Waals surface area contributed by atoms with E-state index in [0.717, 1.165) is 15.8 Å². The summed E-state index contributed by atoms with van der Waals surface area (Å²) in [6.45, 7) is 0.972. The molecule has 1 amide bonds. The fraction of sp³-hybridized carbons (Fsp3) is 0.105. The molecule has 2 aromatic carbocycles. The minimum Gasteiger partial charge on any atom is -0.467 e. The van der Waals surface area contributed by atoms with Crippen LogP contribution in [0.15, 0.2) is 81.9 Å². The Balaban J connectivity index is 1.86. The Kier molecular flexibility index (Phi) is 4.93. The van der Waals surface area contributed by atoms with Crippen LogP contribution in [0.4, 0.5) is 0 Å². The first-order valence-electron chi connectivity index (χ1n) is 7.33. The van der Waals surface area contributed by atoms with Crippen LogP contribution in [0.2, 0.25) is 0 Å². The van der Waals surface area contributed by atoms with Gasteiger partial charge in [0.15, 0.2) is 0 Å². The lowest BCUT2D eigenvalue weighted by Crippen LogP contribution is -2.30. The molecule has 1 heterocycles. The van der Waals surface area contributed by atoms with E-state index in [2.05, 4.69) is 15.9 Å². The Bertz CT molecular complexity index is 769. The third-order valence-corrected chi connectivity index (χ3v) is 4.00. The molecule has 3 rings (SSSR count). The predicted molar refractivity (Wildman–Crippen MR) is 92.9 cm³/mol. The van der Waals surface area contributed by atoms with Crippen molar-refractivity contribution < 1.29 is 9.21 Å². The van der Waals surface area contributed by atoms with Gasteiger partial charge in [-0.3, -0.25) is 4.79 Å². The van der Waals surface area contributed by atoms with Gasteiger partial charge in [-0.1, -0.05) is 52.3 Å². The van der Waals surface area contributed by atoms with Crippen LogP contribution in [0, 0.1) is 0 Å². The first kappa shape index (κ1) is 15.6. The van der Waals surface area contributed by atoms with Crippen molar-refractivity contribution >= 4 is 21.8 Å². The number of carbonyl (C=O) groups excluding carboxylic acids is 1. The Hall–Kier alpha value is -2.33. The molecule has 0 unspecified atom stereocenters. The fourth-order valence-electron chi connectivity index (χ4n) is 2.40. The van der Waals surface area contributed by atoms with Crippen LogP contribution in [0.5, 0.6) is 0 Å². The Labute approximate surface area is 143 Å². The first-order valence-corrected chi connectivity index (χ1v) is 8.13. The van der Waals surface area contributed by atoms with Crippen LogP contribution in [0.3, 0.4) is 0 Å². The molecule has 3 nitrogen and oxygen atoms in total. The maximum absolute atomic E-state index is 12.9. The summed E-state index contributed by atoms with van der Waals surface area (Å²) in [5, 5.41) is 0. The summed E-state index contributed by atoms with van der Waals surface area (Å²) in [5.41, 5.74) is 1.74. The SMILES string of the molecule is O=C(c1cccc(Br)c1)N(Cc1ccccc1)Cc1ccco1. The quantitative estimate of drug-likeness (QED) is 0.641. The van der Waals surface area contributed by atoms with Crippen molar-refractivity contribution in [2.75, 3.05) is 0 Å². The van der Waals surface area contributed by atoms with Gasteiger partial charge < -0.3 is 9.32 Å². The van der Waals surface area contributed by atoms with E-state index in [-0.39, 0.29) is 5.91 Å². The highest BCUT2D eigenvalue weighted by atomic mass is 79.9. The van der Waals surface area contributed by atoms with E-state index < -0.39 is 0 Å². The average Bonchev–Trinajstić information content (AvgIpc) is 3.08. The summed E-state index contributed by atoms with van der Waals surface area (Å²) in [5.74, 6) is 0.746. The minimum atomic E-state index is -0.0217. The van der Waals surface area contributed by atoms with Crippen molar-refractivity contribution in [2.24, 2.45) is 0 Å². The van der Waals surface area contributed by atoms with Crippen molar-refractivity contribution in [1.29, 1.82) is 0 Å². The van der Waals surface area contributed by atoms with Gasteiger partial charge >= 0.3 is 0 Å². The van der Waals surface area contributed by atoms with Crippen LogP contribution in [0.1, 0.15) is 21.7 Å². The van der Waals surface area contributed by atoms with Crippen molar-refractivity contribution in [3.63, 3.8) is 0 Å². The van der Waals surface area contributed by atoms with Gasteiger partial charge in [0.25, 0.3) is 5.91 Å². The van der Waals surface area contributed by atoms with Crippen LogP contribution in [-0.2, 0) is 13.1 Å². The summed E-state index contributed by atoms with van der Waals surface area (Å²) in [4.78, 5) is 14.7. The highest BCUT2D eigenvalue weighted by molar-refractivity contribution is 9.10. The second kappa shape index (κ2) is 7.29. The van der Waals surface area contributed by atoms with E-state index in [0.29, 0.717) is 18.7 Å². The van der Waals surface area contributed by atoms with Gasteiger partial charge in [0.05, 0.1) is 12.8 Å². The topological polar surface area (TPSA) is 33.5 Å². The zero-order chi connectivity index (χ0) is 16.1. The molecule has 0 spiro atoms. The summed E-state index contributed by atoms with van der Waals surface area (Å²) >= 11 is 3.42. The largest absolute Gasteiger partial charge is 0.467 e. The molecule has 3 aromatic rings. The lowest BCUT2D eigenvalue weighted by atomic mass is 10.1. The molecule has 116 valence electrons. The molecule has 0 N–H and O–H groups in total. The number of nitrogens with zero attached hydrogens (tertiary/aromatic N) is 1. The maximum atomic E-state index is 12.9. The van der Waals surface area contributed by atoms with Gasteiger partial charge in [-0.15, -0.1) is 0 Å². The second-order valence-electron chi connectivity index (χ2n) is 5.24. The molecule has 0 fully saturated rings. The fourth-order valence-corrected chi connectivity index (χ4v) is 2.80. The predicted octanol–water partition coefficient (Wildman–Crippen LogP) is 4.88. The highest BCUT2D eigenvalue weighted by Gasteiger charge is 2.18. The van der Waals surface area contributed by atoms with E-state index in [1.54, 1.807) is 11.2 Å². The van der Waals surface area contributed by atoms with Crippen LogP contribution >= 0.6 is 15.9 Å². The molecule has 0 aliphatic carbocycles. The normalized spacial score (nSPS) is 10.5. The molecule has 0 bridgehead atoms. The lowest BCUT2D eigenvalue weighted by Gasteiger charge is -2.22. The van der Waals surface area contributed by atoms with E-state index >= 15 is 0 Å². The zero-order valence-corrected chi connectivity index (χ0v) is 14.1. The van der Waals surface area contributed by atoms with Gasteiger partial charge in [-0.25, -0.2) is 0 Å². The molecular weight excluding hydrogens is 354 g/mol. The standard InChI is InChI=1S/C19H16BrNO2/c20-17-9-4-8-16(12-17)19(22)21(14-18-10-5-11-23-18)13-15-6-2-1-3-7-15/h1-12H,13-14H2. The zero-order valence-electron chi connectivity index (χ0n) is 12.5. The summed E-state index contributed by atoms with van der Waals surface area (Å²) in [6, 6.07) is 21.1. The van der Waals surface area contributed by atoms with Crippen LogP contribution in [-0.4, -0.2) is 10.8 Å². The second-order valence-corrected chi connectivity index (χ2v) is 6.15. The monoisotopic (exact) mass is 369 g/mol. The van der Waals surface area contributed by atoms with Crippen molar-refractivity contribution in [3.8, 4) is 0 Å². The number of amides is 1. The van der Waals surface area contributed by atoms with Gasteiger partial charge in [-0.2, -0.15) is 0 Å². The van der Waals surface area contributed by atoms with Gasteiger partial charge in [0.1, 0.15) is 5.76 Å². The van der Waals surface area contributed by atoms with E-state index in [9.17, 15) is 4.79 Å². The number of carbonyl (C=O) groups is 1.